The predicted octanol–water partition coefficient (Wildman–Crippen LogP) is 4.70. The van der Waals surface area contributed by atoms with E-state index >= 15 is 0 Å². The lowest BCUT2D eigenvalue weighted by Gasteiger charge is -2.12. The number of benzene rings is 2. The van der Waals surface area contributed by atoms with Crippen LogP contribution in [0.5, 0.6) is 0 Å². The van der Waals surface area contributed by atoms with Gasteiger partial charge >= 0.3 is 18.0 Å². The average molecular weight is 422 g/mol. The van der Waals surface area contributed by atoms with E-state index in [0.29, 0.717) is 16.2 Å². The van der Waals surface area contributed by atoms with E-state index in [2.05, 4.69) is 26.6 Å². The molecule has 0 aliphatic rings. The van der Waals surface area contributed by atoms with Crippen molar-refractivity contribution in [2.24, 2.45) is 0 Å². The third-order valence-electron chi connectivity index (χ3n) is 2.86. The zero-order chi connectivity index (χ0) is 17.9. The standard InChI is InChI=1S/C15H9BrClF3N2O2/c16-10-3-1-2-4-12(10)22-14(24)13(23)21-8-5-6-11(17)9(7-8)15(18,19)20/h1-7H,(H,21,23)(H,22,24). The van der Waals surface area contributed by atoms with Crippen LogP contribution in [0, 0.1) is 0 Å². The van der Waals surface area contributed by atoms with Crippen molar-refractivity contribution >= 4 is 50.7 Å². The lowest BCUT2D eigenvalue weighted by molar-refractivity contribution is -0.137. The number of hydrogen-bond donors (Lipinski definition) is 2. The molecule has 0 unspecified atom stereocenters. The van der Waals surface area contributed by atoms with E-state index in [9.17, 15) is 22.8 Å². The molecule has 4 nitrogen and oxygen atoms in total. The number of anilines is 2. The van der Waals surface area contributed by atoms with Crippen LogP contribution in [0.2, 0.25) is 5.02 Å². The van der Waals surface area contributed by atoms with Crippen LogP contribution in [0.1, 0.15) is 5.56 Å². The number of halogens is 5. The van der Waals surface area contributed by atoms with E-state index in [4.69, 9.17) is 11.6 Å². The van der Waals surface area contributed by atoms with Crippen LogP contribution in [0.4, 0.5) is 24.5 Å². The number of alkyl halides is 3. The summed E-state index contributed by atoms with van der Waals surface area (Å²) in [6.07, 6.45) is -4.67. The fraction of sp³-hybridized carbons (Fsp3) is 0.0667. The van der Waals surface area contributed by atoms with Crippen molar-refractivity contribution < 1.29 is 22.8 Å². The van der Waals surface area contributed by atoms with Crippen molar-refractivity contribution in [1.82, 2.24) is 0 Å². The van der Waals surface area contributed by atoms with Crippen molar-refractivity contribution in [1.29, 1.82) is 0 Å². The zero-order valence-corrected chi connectivity index (χ0v) is 14.1. The quantitative estimate of drug-likeness (QED) is 0.691. The summed E-state index contributed by atoms with van der Waals surface area (Å²) in [5, 5.41) is 3.93. The number of carbonyl (C=O) groups is 2. The van der Waals surface area contributed by atoms with Crippen LogP contribution in [-0.4, -0.2) is 11.8 Å². The second-order valence-electron chi connectivity index (χ2n) is 4.58. The van der Waals surface area contributed by atoms with Gasteiger partial charge in [0.1, 0.15) is 0 Å². The van der Waals surface area contributed by atoms with Gasteiger partial charge in [-0.1, -0.05) is 23.7 Å². The largest absolute Gasteiger partial charge is 0.417 e. The van der Waals surface area contributed by atoms with Gasteiger partial charge in [0, 0.05) is 10.2 Å². The topological polar surface area (TPSA) is 58.2 Å². The number of amides is 2. The maximum Gasteiger partial charge on any atom is 0.417 e. The molecule has 0 aromatic heterocycles. The highest BCUT2D eigenvalue weighted by Gasteiger charge is 2.33. The lowest BCUT2D eigenvalue weighted by Crippen LogP contribution is -2.29. The molecule has 0 spiro atoms. The van der Waals surface area contributed by atoms with Crippen LogP contribution in [0.3, 0.4) is 0 Å². The minimum Gasteiger partial charge on any atom is -0.318 e. The minimum atomic E-state index is -4.67. The van der Waals surface area contributed by atoms with E-state index in [-0.39, 0.29) is 5.69 Å². The summed E-state index contributed by atoms with van der Waals surface area (Å²) in [6, 6.07) is 9.39. The summed E-state index contributed by atoms with van der Waals surface area (Å²) in [4.78, 5) is 23.6. The van der Waals surface area contributed by atoms with E-state index in [0.717, 1.165) is 6.07 Å². The van der Waals surface area contributed by atoms with E-state index in [1.54, 1.807) is 24.3 Å². The summed E-state index contributed by atoms with van der Waals surface area (Å²) in [7, 11) is 0. The molecule has 2 aromatic carbocycles. The Balaban J connectivity index is 2.12. The van der Waals surface area contributed by atoms with Gasteiger partial charge in [0.25, 0.3) is 0 Å². The Hall–Kier alpha value is -2.06. The Morgan fingerprint density at radius 2 is 1.62 bits per heavy atom. The summed E-state index contributed by atoms with van der Waals surface area (Å²) in [6.45, 7) is 0. The second kappa shape index (κ2) is 7.23. The molecular weight excluding hydrogens is 413 g/mol. The molecule has 2 rings (SSSR count). The number of carbonyl (C=O) groups excluding carboxylic acids is 2. The van der Waals surface area contributed by atoms with Gasteiger partial charge in [0.2, 0.25) is 0 Å². The number of nitrogens with one attached hydrogen (secondary N) is 2. The van der Waals surface area contributed by atoms with E-state index in [1.165, 1.54) is 6.07 Å². The molecule has 2 amide bonds. The van der Waals surface area contributed by atoms with Crippen LogP contribution in [0.25, 0.3) is 0 Å². The Kier molecular flexibility index (Phi) is 5.51. The summed E-state index contributed by atoms with van der Waals surface area (Å²) in [5.41, 5.74) is -0.947. The Bertz CT molecular complexity index is 797. The molecule has 0 aliphatic carbocycles. The maximum atomic E-state index is 12.8. The monoisotopic (exact) mass is 420 g/mol. The SMILES string of the molecule is O=C(Nc1ccc(Cl)c(C(F)(F)F)c1)C(=O)Nc1ccccc1Br. The molecule has 0 heterocycles. The average Bonchev–Trinajstić information content (AvgIpc) is 2.50. The van der Waals surface area contributed by atoms with Crippen LogP contribution < -0.4 is 10.6 Å². The first-order chi connectivity index (χ1) is 11.2. The predicted molar refractivity (Wildman–Crippen MR) is 87.9 cm³/mol. The Morgan fingerprint density at radius 1 is 1.00 bits per heavy atom. The third-order valence-corrected chi connectivity index (χ3v) is 3.88. The molecule has 0 aliphatic heterocycles. The van der Waals surface area contributed by atoms with Gasteiger partial charge in [-0.25, -0.2) is 0 Å². The molecule has 0 atom stereocenters. The summed E-state index contributed by atoms with van der Waals surface area (Å²) >= 11 is 8.68. The molecule has 9 heteroatoms. The molecule has 0 bridgehead atoms. The summed E-state index contributed by atoms with van der Waals surface area (Å²) < 4.78 is 38.9. The smallest absolute Gasteiger partial charge is 0.318 e. The van der Waals surface area contributed by atoms with Crippen molar-refractivity contribution in [2.45, 2.75) is 6.18 Å². The Labute approximate surface area is 148 Å². The molecular formula is C15H9BrClF3N2O2. The van der Waals surface area contributed by atoms with Crippen LogP contribution in [-0.2, 0) is 15.8 Å². The van der Waals surface area contributed by atoms with Gasteiger partial charge in [-0.05, 0) is 46.3 Å². The van der Waals surface area contributed by atoms with Gasteiger partial charge in [-0.15, -0.1) is 0 Å². The second-order valence-corrected chi connectivity index (χ2v) is 5.84. The molecule has 126 valence electrons. The molecule has 2 N–H and O–H groups in total. The van der Waals surface area contributed by atoms with Crippen LogP contribution in [0.15, 0.2) is 46.9 Å². The highest BCUT2D eigenvalue weighted by Crippen LogP contribution is 2.36. The highest BCUT2D eigenvalue weighted by atomic mass is 79.9. The summed E-state index contributed by atoms with van der Waals surface area (Å²) in [5.74, 6) is -2.13. The lowest BCUT2D eigenvalue weighted by atomic mass is 10.2. The number of hydrogen-bond acceptors (Lipinski definition) is 2. The fourth-order valence-corrected chi connectivity index (χ4v) is 2.36. The van der Waals surface area contributed by atoms with Crippen molar-refractivity contribution in [3.05, 3.63) is 57.5 Å². The van der Waals surface area contributed by atoms with Crippen LogP contribution >= 0.6 is 27.5 Å². The van der Waals surface area contributed by atoms with E-state index in [1.807, 2.05) is 0 Å². The molecule has 2 aromatic rings. The fourth-order valence-electron chi connectivity index (χ4n) is 1.75. The zero-order valence-electron chi connectivity index (χ0n) is 11.7. The minimum absolute atomic E-state index is 0.195. The Morgan fingerprint density at radius 3 is 2.25 bits per heavy atom. The van der Waals surface area contributed by atoms with Crippen molar-refractivity contribution in [3.8, 4) is 0 Å². The molecule has 0 fully saturated rings. The normalized spacial score (nSPS) is 11.0. The van der Waals surface area contributed by atoms with Crippen molar-refractivity contribution in [3.63, 3.8) is 0 Å². The van der Waals surface area contributed by atoms with Gasteiger partial charge < -0.3 is 10.6 Å². The maximum absolute atomic E-state index is 12.8. The molecule has 0 saturated heterocycles. The molecule has 0 radical (unpaired) electrons. The van der Waals surface area contributed by atoms with Gasteiger partial charge in [0.05, 0.1) is 16.3 Å². The molecule has 0 saturated carbocycles. The van der Waals surface area contributed by atoms with Gasteiger partial charge in [-0.2, -0.15) is 13.2 Å². The molecule has 24 heavy (non-hydrogen) atoms. The number of para-hydroxylation sites is 1. The third kappa shape index (κ3) is 4.48. The van der Waals surface area contributed by atoms with E-state index < -0.39 is 28.6 Å². The number of rotatable bonds is 2. The van der Waals surface area contributed by atoms with Crippen molar-refractivity contribution in [2.75, 3.05) is 10.6 Å². The first-order valence-corrected chi connectivity index (χ1v) is 7.59. The first kappa shape index (κ1) is 18.3. The van der Waals surface area contributed by atoms with Gasteiger partial charge in [-0.3, -0.25) is 9.59 Å². The highest BCUT2D eigenvalue weighted by molar-refractivity contribution is 9.10. The van der Waals surface area contributed by atoms with Gasteiger partial charge in [0.15, 0.2) is 0 Å². The first-order valence-electron chi connectivity index (χ1n) is 6.42.